The molecule has 0 radical (unpaired) electrons. The largest absolute Gasteiger partial charge is 0.401 e. The van der Waals surface area contributed by atoms with Crippen molar-refractivity contribution in [2.24, 2.45) is 0 Å². The Kier molecular flexibility index (Phi) is 3.80. The minimum atomic E-state index is -4.16. The van der Waals surface area contributed by atoms with Crippen molar-refractivity contribution in [3.05, 3.63) is 17.3 Å². The van der Waals surface area contributed by atoms with E-state index in [1.54, 1.807) is 0 Å². The third kappa shape index (κ3) is 2.99. The predicted molar refractivity (Wildman–Crippen MR) is 73.7 cm³/mol. The number of anilines is 1. The van der Waals surface area contributed by atoms with Crippen molar-refractivity contribution < 1.29 is 18.3 Å². The van der Waals surface area contributed by atoms with Gasteiger partial charge in [0.2, 0.25) is 0 Å². The maximum absolute atomic E-state index is 12.4. The molecule has 1 N–H and O–H groups in total. The Bertz CT molecular complexity index is 616. The lowest BCUT2D eigenvalue weighted by Crippen LogP contribution is -2.49. The lowest BCUT2D eigenvalue weighted by Gasteiger charge is -2.35. The number of thiazole rings is 1. The lowest BCUT2D eigenvalue weighted by atomic mass is 10.3. The molecule has 0 unspecified atom stereocenters. The van der Waals surface area contributed by atoms with Gasteiger partial charge in [0.25, 0.3) is 0 Å². The molecular weight excluding hydrogens is 305 g/mol. The number of imidazole rings is 1. The van der Waals surface area contributed by atoms with Crippen LogP contribution in [0.2, 0.25) is 0 Å². The molecule has 0 spiro atoms. The van der Waals surface area contributed by atoms with Crippen molar-refractivity contribution in [3.63, 3.8) is 0 Å². The number of aliphatic hydroxyl groups excluding tert-OH is 1. The maximum Gasteiger partial charge on any atom is 0.401 e. The van der Waals surface area contributed by atoms with E-state index in [1.165, 1.54) is 16.2 Å². The van der Waals surface area contributed by atoms with E-state index in [0.717, 1.165) is 4.96 Å². The van der Waals surface area contributed by atoms with Crippen LogP contribution >= 0.6 is 11.3 Å². The van der Waals surface area contributed by atoms with Crippen LogP contribution in [0.1, 0.15) is 5.69 Å². The third-order valence-electron chi connectivity index (χ3n) is 3.56. The van der Waals surface area contributed by atoms with Crippen LogP contribution in [-0.4, -0.2) is 58.3 Å². The molecule has 3 heterocycles. The fourth-order valence-electron chi connectivity index (χ4n) is 2.59. The van der Waals surface area contributed by atoms with Crippen molar-refractivity contribution in [2.45, 2.75) is 12.8 Å². The molecular formula is C12H15F3N4OS. The van der Waals surface area contributed by atoms with Crippen molar-refractivity contribution in [1.82, 2.24) is 14.3 Å². The summed E-state index contributed by atoms with van der Waals surface area (Å²) in [4.78, 5) is 8.60. The minimum Gasteiger partial charge on any atom is -0.390 e. The number of piperazine rings is 1. The zero-order valence-electron chi connectivity index (χ0n) is 11.2. The predicted octanol–water partition coefficient (Wildman–Crippen LogP) is 1.57. The highest BCUT2D eigenvalue weighted by Gasteiger charge is 2.32. The zero-order valence-corrected chi connectivity index (χ0v) is 12.0. The lowest BCUT2D eigenvalue weighted by molar-refractivity contribution is -0.146. The number of alkyl halides is 3. The molecule has 0 amide bonds. The van der Waals surface area contributed by atoms with Gasteiger partial charge in [-0.2, -0.15) is 13.2 Å². The molecule has 116 valence electrons. The molecule has 21 heavy (non-hydrogen) atoms. The summed E-state index contributed by atoms with van der Waals surface area (Å²) in [7, 11) is 0. The number of hydrogen-bond acceptors (Lipinski definition) is 5. The molecule has 0 aliphatic carbocycles. The highest BCUT2D eigenvalue weighted by molar-refractivity contribution is 7.15. The Morgan fingerprint density at radius 2 is 1.95 bits per heavy atom. The normalized spacial score (nSPS) is 17.8. The van der Waals surface area contributed by atoms with E-state index >= 15 is 0 Å². The minimum absolute atomic E-state index is 0.143. The standard InChI is InChI=1S/C12H15F3N4OS/c13-12(14,15)8-17-1-3-18(4-2-17)10-9(7-20)19-5-6-21-11(19)16-10/h5-6,20H,1-4,7-8H2. The van der Waals surface area contributed by atoms with Gasteiger partial charge < -0.3 is 10.0 Å². The van der Waals surface area contributed by atoms with Crippen LogP contribution in [0.5, 0.6) is 0 Å². The van der Waals surface area contributed by atoms with Crippen LogP contribution in [0.15, 0.2) is 11.6 Å². The van der Waals surface area contributed by atoms with Gasteiger partial charge in [-0.25, -0.2) is 4.98 Å². The van der Waals surface area contributed by atoms with Crippen LogP contribution in [0.4, 0.5) is 19.0 Å². The molecule has 2 aromatic rings. The first-order chi connectivity index (χ1) is 9.98. The van der Waals surface area contributed by atoms with Crippen LogP contribution in [0.25, 0.3) is 4.96 Å². The summed E-state index contributed by atoms with van der Waals surface area (Å²) in [6.07, 6.45) is -2.32. The summed E-state index contributed by atoms with van der Waals surface area (Å²) >= 11 is 1.47. The fourth-order valence-corrected chi connectivity index (χ4v) is 3.32. The Morgan fingerprint density at radius 1 is 1.24 bits per heavy atom. The quantitative estimate of drug-likeness (QED) is 0.932. The van der Waals surface area contributed by atoms with Gasteiger partial charge in [0.15, 0.2) is 10.8 Å². The summed E-state index contributed by atoms with van der Waals surface area (Å²) in [5, 5.41) is 11.4. The van der Waals surface area contributed by atoms with E-state index in [4.69, 9.17) is 0 Å². The molecule has 5 nitrogen and oxygen atoms in total. The summed E-state index contributed by atoms with van der Waals surface area (Å²) in [6.45, 7) is 0.634. The smallest absolute Gasteiger partial charge is 0.390 e. The second kappa shape index (κ2) is 5.47. The Labute approximate surface area is 123 Å². The van der Waals surface area contributed by atoms with Crippen molar-refractivity contribution in [2.75, 3.05) is 37.6 Å². The van der Waals surface area contributed by atoms with Crippen LogP contribution in [0, 0.1) is 0 Å². The van der Waals surface area contributed by atoms with Gasteiger partial charge in [-0.15, -0.1) is 11.3 Å². The first kappa shape index (κ1) is 14.6. The summed E-state index contributed by atoms with van der Waals surface area (Å²) < 4.78 is 38.9. The molecule has 0 atom stereocenters. The molecule has 0 aromatic carbocycles. The van der Waals surface area contributed by atoms with E-state index < -0.39 is 12.7 Å². The number of fused-ring (bicyclic) bond motifs is 1. The van der Waals surface area contributed by atoms with Gasteiger partial charge in [-0.3, -0.25) is 9.30 Å². The maximum atomic E-state index is 12.4. The summed E-state index contributed by atoms with van der Waals surface area (Å²) in [6, 6.07) is 0. The van der Waals surface area contributed by atoms with Gasteiger partial charge in [-0.05, 0) is 0 Å². The molecule has 3 rings (SSSR count). The Balaban J connectivity index is 1.72. The highest BCUT2D eigenvalue weighted by Crippen LogP contribution is 2.26. The number of halogens is 3. The molecule has 0 saturated carbocycles. The zero-order chi connectivity index (χ0) is 15.0. The Hall–Kier alpha value is -1.32. The number of nitrogens with zero attached hydrogens (tertiary/aromatic N) is 4. The van der Waals surface area contributed by atoms with Crippen LogP contribution in [0.3, 0.4) is 0 Å². The fraction of sp³-hybridized carbons (Fsp3) is 0.583. The van der Waals surface area contributed by atoms with Crippen molar-refractivity contribution >= 4 is 22.1 Å². The number of aliphatic hydroxyl groups is 1. The van der Waals surface area contributed by atoms with E-state index in [-0.39, 0.29) is 6.61 Å². The molecule has 1 saturated heterocycles. The number of hydrogen-bond donors (Lipinski definition) is 1. The second-order valence-corrected chi connectivity index (χ2v) is 5.85. The summed E-state index contributed by atoms with van der Waals surface area (Å²) in [5.74, 6) is 0.677. The average Bonchev–Trinajstić information content (AvgIpc) is 2.97. The van der Waals surface area contributed by atoms with Gasteiger partial charge in [-0.1, -0.05) is 0 Å². The van der Waals surface area contributed by atoms with E-state index in [0.29, 0.717) is 37.7 Å². The molecule has 9 heteroatoms. The molecule has 0 bridgehead atoms. The van der Waals surface area contributed by atoms with Gasteiger partial charge in [0, 0.05) is 37.8 Å². The van der Waals surface area contributed by atoms with E-state index in [1.807, 2.05) is 20.9 Å². The number of aromatic nitrogens is 2. The monoisotopic (exact) mass is 320 g/mol. The van der Waals surface area contributed by atoms with Crippen LogP contribution < -0.4 is 4.90 Å². The van der Waals surface area contributed by atoms with E-state index in [2.05, 4.69) is 4.98 Å². The van der Waals surface area contributed by atoms with Crippen molar-refractivity contribution in [3.8, 4) is 0 Å². The number of rotatable bonds is 3. The Morgan fingerprint density at radius 3 is 2.57 bits per heavy atom. The van der Waals surface area contributed by atoms with Crippen molar-refractivity contribution in [1.29, 1.82) is 0 Å². The molecule has 1 aliphatic rings. The molecule has 1 aliphatic heterocycles. The van der Waals surface area contributed by atoms with Gasteiger partial charge in [0.05, 0.1) is 18.8 Å². The molecule has 1 fully saturated rings. The average molecular weight is 320 g/mol. The van der Waals surface area contributed by atoms with Gasteiger partial charge >= 0.3 is 6.18 Å². The van der Waals surface area contributed by atoms with Crippen LogP contribution in [-0.2, 0) is 6.61 Å². The first-order valence-electron chi connectivity index (χ1n) is 6.57. The summed E-state index contributed by atoms with van der Waals surface area (Å²) in [5.41, 5.74) is 0.690. The topological polar surface area (TPSA) is 44.0 Å². The van der Waals surface area contributed by atoms with Gasteiger partial charge in [0.1, 0.15) is 0 Å². The SMILES string of the molecule is OCc1c(N2CCN(CC(F)(F)F)CC2)nc2sccn12. The highest BCUT2D eigenvalue weighted by atomic mass is 32.1. The first-order valence-corrected chi connectivity index (χ1v) is 7.45. The van der Waals surface area contributed by atoms with E-state index in [9.17, 15) is 18.3 Å². The molecule has 2 aromatic heterocycles. The third-order valence-corrected chi connectivity index (χ3v) is 4.32. The second-order valence-electron chi connectivity index (χ2n) is 4.97.